The van der Waals surface area contributed by atoms with Gasteiger partial charge in [-0.3, -0.25) is 19.3 Å². The van der Waals surface area contributed by atoms with Gasteiger partial charge in [0.1, 0.15) is 152 Å². The Bertz CT molecular complexity index is 2130. The van der Waals surface area contributed by atoms with Gasteiger partial charge >= 0.3 is 0 Å². The van der Waals surface area contributed by atoms with Crippen molar-refractivity contribution < 1.29 is 178 Å². The SMILES string of the molecule is CC(=O)CCCCCNC(=O)CN(CC(=O)NCCO[C@@H]1O[C@H](CO[C@H]2O[C@H](CO)[C@@H](O)[C@H](O)[C@@H]2O)[C@@H](O)[C@H](O[C@H]2O[C@H](CO)[C@@H](O)[C@H](O)[C@@H]2O)[C@@H]1O)CC(=O)NCCO[C@@H]1O[C@H](CO[C@H]2O[C@H](CO)[C@@H](O)[C@H](O)[C@@H]2O)[C@@H](O)[C@H](O[C@H]2O[C@H](CO)[C@@H](O)[C@H](O)[C@@H]2O)[C@H]1O. The van der Waals surface area contributed by atoms with Gasteiger partial charge in [-0.15, -0.1) is 0 Å². The van der Waals surface area contributed by atoms with Crippen molar-refractivity contribution >= 4 is 23.5 Å². The van der Waals surface area contributed by atoms with Crippen molar-refractivity contribution in [1.29, 1.82) is 0 Å². The number of unbranched alkanes of at least 4 members (excludes halogenated alkanes) is 2. The third-order valence-electron chi connectivity index (χ3n) is 16.2. The van der Waals surface area contributed by atoms with Gasteiger partial charge in [0.25, 0.3) is 0 Å². The van der Waals surface area contributed by atoms with E-state index in [0.717, 1.165) is 4.90 Å². The molecule has 40 nitrogen and oxygen atoms in total. The van der Waals surface area contributed by atoms with Crippen LogP contribution in [0.25, 0.3) is 0 Å². The quantitative estimate of drug-likeness (QED) is 0.0266. The van der Waals surface area contributed by atoms with E-state index in [2.05, 4.69) is 16.0 Å². The topological polar surface area (TPSA) is 623 Å². The van der Waals surface area contributed by atoms with Gasteiger partial charge in [-0.2, -0.15) is 0 Å². The Morgan fingerprint density at radius 2 is 0.645 bits per heavy atom. The molecular formula is C53H92N4O36. The molecule has 0 aromatic heterocycles. The monoisotopic (exact) mass is 1360 g/mol. The molecule has 0 spiro atoms. The van der Waals surface area contributed by atoms with Crippen molar-refractivity contribution in [2.75, 3.05) is 92.1 Å². The summed E-state index contributed by atoms with van der Waals surface area (Å²) in [7, 11) is 0. The van der Waals surface area contributed by atoms with E-state index in [1.807, 2.05) is 0 Å². The minimum absolute atomic E-state index is 0.0100. The van der Waals surface area contributed by atoms with Gasteiger partial charge in [0.05, 0.1) is 72.5 Å². The summed E-state index contributed by atoms with van der Waals surface area (Å²) in [5.41, 5.74) is 0. The molecule has 0 bridgehead atoms. The minimum atomic E-state index is -2.03. The average Bonchev–Trinajstić information content (AvgIpc) is 0.801. The van der Waals surface area contributed by atoms with Crippen LogP contribution in [-0.2, 0) is 76.0 Å². The average molecular weight is 1360 g/mol. The number of nitrogens with zero attached hydrogens (tertiary/aromatic N) is 1. The van der Waals surface area contributed by atoms with Gasteiger partial charge in [-0.25, -0.2) is 0 Å². The highest BCUT2D eigenvalue weighted by Gasteiger charge is 2.55. The van der Waals surface area contributed by atoms with Crippen LogP contribution in [0.4, 0.5) is 0 Å². The second kappa shape index (κ2) is 37.6. The molecule has 23 N–H and O–H groups in total. The van der Waals surface area contributed by atoms with Crippen LogP contribution in [0.5, 0.6) is 0 Å². The molecule has 6 heterocycles. The minimum Gasteiger partial charge on any atom is -0.394 e. The van der Waals surface area contributed by atoms with E-state index < -0.39 is 274 Å². The Morgan fingerprint density at radius 1 is 0.344 bits per heavy atom. The van der Waals surface area contributed by atoms with E-state index >= 15 is 0 Å². The highest BCUT2D eigenvalue weighted by atomic mass is 16.8. The Balaban J connectivity index is 1.08. The molecule has 6 fully saturated rings. The highest BCUT2D eigenvalue weighted by Crippen LogP contribution is 2.34. The van der Waals surface area contributed by atoms with Crippen LogP contribution in [0.15, 0.2) is 0 Å². The summed E-state index contributed by atoms with van der Waals surface area (Å²) in [6.07, 6.45) is -52.4. The molecule has 6 aliphatic rings. The second-order valence-electron chi connectivity index (χ2n) is 23.2. The summed E-state index contributed by atoms with van der Waals surface area (Å²) in [5, 5.41) is 217. The largest absolute Gasteiger partial charge is 0.394 e. The number of nitrogens with one attached hydrogen (secondary N) is 3. The lowest BCUT2D eigenvalue weighted by Crippen LogP contribution is -2.65. The van der Waals surface area contributed by atoms with Gasteiger partial charge in [0.2, 0.25) is 17.7 Å². The van der Waals surface area contributed by atoms with Crippen LogP contribution in [0, 0.1) is 0 Å². The summed E-state index contributed by atoms with van der Waals surface area (Å²) in [6, 6.07) is 0. The number of ether oxygens (including phenoxy) is 12. The molecule has 6 aliphatic heterocycles. The lowest BCUT2D eigenvalue weighted by molar-refractivity contribution is -0.366. The fourth-order valence-electron chi connectivity index (χ4n) is 10.7. The molecule has 0 aromatic rings. The van der Waals surface area contributed by atoms with E-state index in [9.17, 15) is 121 Å². The van der Waals surface area contributed by atoms with E-state index in [1.54, 1.807) is 0 Å². The number of carbonyl (C=O) groups is 4. The maximum Gasteiger partial charge on any atom is 0.234 e. The Morgan fingerprint density at radius 3 is 0.978 bits per heavy atom. The van der Waals surface area contributed by atoms with Crippen molar-refractivity contribution in [2.24, 2.45) is 0 Å². The molecule has 30 atom stereocenters. The van der Waals surface area contributed by atoms with Crippen LogP contribution in [0.2, 0.25) is 0 Å². The zero-order valence-corrected chi connectivity index (χ0v) is 50.5. The smallest absolute Gasteiger partial charge is 0.234 e. The molecule has 6 saturated heterocycles. The van der Waals surface area contributed by atoms with E-state index in [-0.39, 0.29) is 25.4 Å². The fraction of sp³-hybridized carbons (Fsp3) is 0.925. The molecule has 6 rings (SSSR count). The first-order valence-electron chi connectivity index (χ1n) is 30.2. The standard InChI is InChI=1S/C53H92N4O36/c1-20(62)5-3-2-4-6-54-27(63)11-57(12-28(64)55-7-9-82-50-44(80)46(92-52-42(78)38(74)32(68)23(16-60)88-52)34(70)25(90-50)18-84-48-40(76)36(72)30(66)21(14-58)86-48)13-29(65)56-8-10-83-51-45(81)47(93-53-43(79)39(75)33(69)24(17-61)89-53)35(71)26(91-51)19-85-49-41(77)37(73)31(67)22(15-59)87-49/h21-26,30-53,58-61,66-81H,2-19H2,1H3,(H,54,63)(H,55,64)(H,56,65)/t21-,22-,23-,24-,25-,26-,30-,31-,32-,33-,34-,35-,36+,37+,38+,39+,40+,41+,42+,43+,44-,45+,46+,47+,48+,49+,50-,51-,52-,53-/m1/s1. The van der Waals surface area contributed by atoms with Gasteiger partial charge in [0.15, 0.2) is 37.7 Å². The lowest BCUT2D eigenvalue weighted by atomic mass is 9.96. The predicted octanol–water partition coefficient (Wildman–Crippen LogP) is -15.3. The van der Waals surface area contributed by atoms with Crippen molar-refractivity contribution in [3.05, 3.63) is 0 Å². The van der Waals surface area contributed by atoms with Gasteiger partial charge in [-0.05, 0) is 19.8 Å². The molecule has 3 amide bonds. The first-order valence-corrected chi connectivity index (χ1v) is 30.2. The molecular weight excluding hydrogens is 1270 g/mol. The fourth-order valence-corrected chi connectivity index (χ4v) is 10.7. The van der Waals surface area contributed by atoms with Crippen LogP contribution in [0.1, 0.15) is 32.6 Å². The number of aliphatic hydroxyl groups excluding tert-OH is 20. The Labute approximate surface area is 530 Å². The summed E-state index contributed by atoms with van der Waals surface area (Å²) < 4.78 is 67.0. The molecule has 0 aliphatic carbocycles. The van der Waals surface area contributed by atoms with E-state index in [1.165, 1.54) is 6.92 Å². The molecule has 0 saturated carbocycles. The van der Waals surface area contributed by atoms with Crippen molar-refractivity contribution in [3.63, 3.8) is 0 Å². The number of ketones is 1. The Kier molecular flexibility index (Phi) is 31.9. The van der Waals surface area contributed by atoms with Crippen LogP contribution >= 0.6 is 0 Å². The number of amides is 3. The Hall–Kier alpha value is -3.24. The van der Waals surface area contributed by atoms with Gasteiger partial charge in [0, 0.05) is 26.1 Å². The number of rotatable bonds is 34. The predicted molar refractivity (Wildman–Crippen MR) is 295 cm³/mol. The number of carbonyl (C=O) groups excluding carboxylic acids is 4. The number of hydrogen-bond donors (Lipinski definition) is 23. The zero-order chi connectivity index (χ0) is 68.5. The molecule has 40 heteroatoms. The third kappa shape index (κ3) is 21.1. The summed E-state index contributed by atoms with van der Waals surface area (Å²) in [4.78, 5) is 52.7. The third-order valence-corrected chi connectivity index (χ3v) is 16.2. The number of hydrogen-bond acceptors (Lipinski definition) is 37. The van der Waals surface area contributed by atoms with Crippen molar-refractivity contribution in [3.8, 4) is 0 Å². The van der Waals surface area contributed by atoms with Gasteiger partial charge in [-0.1, -0.05) is 6.42 Å². The molecule has 0 aromatic carbocycles. The molecule has 540 valence electrons. The first kappa shape index (κ1) is 78.8. The highest BCUT2D eigenvalue weighted by molar-refractivity contribution is 5.84. The molecule has 0 unspecified atom stereocenters. The zero-order valence-electron chi connectivity index (χ0n) is 50.5. The maximum atomic E-state index is 13.5. The van der Waals surface area contributed by atoms with Crippen LogP contribution in [0.3, 0.4) is 0 Å². The lowest BCUT2D eigenvalue weighted by Gasteiger charge is -2.46. The summed E-state index contributed by atoms with van der Waals surface area (Å²) in [5.74, 6) is -2.25. The summed E-state index contributed by atoms with van der Waals surface area (Å²) >= 11 is 0. The second-order valence-corrected chi connectivity index (χ2v) is 23.2. The normalized spacial score (nSPS) is 41.6. The van der Waals surface area contributed by atoms with E-state index in [4.69, 9.17) is 56.8 Å². The number of aliphatic hydroxyl groups is 20. The maximum absolute atomic E-state index is 13.5. The first-order chi connectivity index (χ1) is 44.1. The van der Waals surface area contributed by atoms with Gasteiger partial charge < -0.3 is 180 Å². The molecule has 0 radical (unpaired) electrons. The van der Waals surface area contributed by atoms with Crippen molar-refractivity contribution in [1.82, 2.24) is 20.9 Å². The van der Waals surface area contributed by atoms with Crippen LogP contribution < -0.4 is 16.0 Å². The van der Waals surface area contributed by atoms with E-state index in [0.29, 0.717) is 25.7 Å². The van der Waals surface area contributed by atoms with Crippen LogP contribution in [-0.4, -0.2) is 407 Å². The number of Topliss-reactive ketones (excluding diaryl/α,β-unsaturated/α-hetero) is 1. The van der Waals surface area contributed by atoms with Crippen molar-refractivity contribution in [2.45, 2.75) is 217 Å². The molecule has 93 heavy (non-hydrogen) atoms. The summed E-state index contributed by atoms with van der Waals surface area (Å²) in [6.45, 7) is -6.92.